The summed E-state index contributed by atoms with van der Waals surface area (Å²) in [5, 5.41) is 9.09. The van der Waals surface area contributed by atoms with E-state index in [1.54, 1.807) is 6.08 Å². The fourth-order valence-corrected chi connectivity index (χ4v) is 3.64. The molecule has 1 fully saturated rings. The molecule has 0 unspecified atom stereocenters. The maximum atomic E-state index is 12.4. The van der Waals surface area contributed by atoms with Crippen molar-refractivity contribution in [1.82, 2.24) is 0 Å². The zero-order valence-corrected chi connectivity index (χ0v) is 11.4. The molecule has 0 saturated heterocycles. The van der Waals surface area contributed by atoms with Crippen LogP contribution in [-0.4, -0.2) is 11.6 Å². The number of ketones is 2. The van der Waals surface area contributed by atoms with Gasteiger partial charge in [0.1, 0.15) is 11.9 Å². The van der Waals surface area contributed by atoms with Gasteiger partial charge in [0.15, 0.2) is 5.78 Å². The molecule has 18 heavy (non-hydrogen) atoms. The fraction of sp³-hybridized carbons (Fsp3) is 0.667. The van der Waals surface area contributed by atoms with Gasteiger partial charge in [-0.2, -0.15) is 5.26 Å². The van der Waals surface area contributed by atoms with Crippen molar-refractivity contribution in [3.63, 3.8) is 0 Å². The molecule has 3 nitrogen and oxygen atoms in total. The largest absolute Gasteiger partial charge is 0.299 e. The van der Waals surface area contributed by atoms with Crippen LogP contribution >= 0.6 is 0 Å². The summed E-state index contributed by atoms with van der Waals surface area (Å²) in [4.78, 5) is 24.6. The summed E-state index contributed by atoms with van der Waals surface area (Å²) in [5.41, 5.74) is -1.12. The molecule has 0 radical (unpaired) electrons. The summed E-state index contributed by atoms with van der Waals surface area (Å²) >= 11 is 0. The molecule has 1 saturated carbocycles. The Hall–Kier alpha value is -1.43. The number of fused-ring (bicyclic) bond motifs is 1. The number of carbonyl (C=O) groups is 2. The molecule has 0 aromatic heterocycles. The average molecular weight is 245 g/mol. The third-order valence-corrected chi connectivity index (χ3v) is 4.76. The van der Waals surface area contributed by atoms with Crippen LogP contribution in [0.25, 0.3) is 0 Å². The first-order chi connectivity index (χ1) is 8.23. The second-order valence-corrected chi connectivity index (χ2v) is 6.52. The first kappa shape index (κ1) is 13.0. The zero-order chi connectivity index (χ0) is 13.7. The Labute approximate surface area is 108 Å². The highest BCUT2D eigenvalue weighted by molar-refractivity contribution is 6.06. The molecule has 0 aromatic carbocycles. The number of hydrogen-bond donors (Lipinski definition) is 0. The molecule has 0 amide bonds. The molecular weight excluding hydrogens is 226 g/mol. The van der Waals surface area contributed by atoms with Crippen molar-refractivity contribution in [2.45, 2.75) is 40.5 Å². The molecule has 0 bridgehead atoms. The van der Waals surface area contributed by atoms with Crippen LogP contribution in [0.1, 0.15) is 40.5 Å². The van der Waals surface area contributed by atoms with Gasteiger partial charge in [0, 0.05) is 17.3 Å². The van der Waals surface area contributed by atoms with Crippen molar-refractivity contribution in [2.24, 2.45) is 22.7 Å². The van der Waals surface area contributed by atoms with Gasteiger partial charge in [-0.25, -0.2) is 0 Å². The van der Waals surface area contributed by atoms with Gasteiger partial charge in [0.05, 0.1) is 5.57 Å². The van der Waals surface area contributed by atoms with Crippen molar-refractivity contribution in [1.29, 1.82) is 5.26 Å². The quantitative estimate of drug-likeness (QED) is 0.659. The molecule has 0 heterocycles. The van der Waals surface area contributed by atoms with Gasteiger partial charge in [-0.3, -0.25) is 9.59 Å². The van der Waals surface area contributed by atoms with Crippen molar-refractivity contribution in [2.75, 3.05) is 0 Å². The third kappa shape index (κ3) is 1.55. The highest BCUT2D eigenvalue weighted by atomic mass is 16.1. The smallest absolute Gasteiger partial charge is 0.178 e. The highest BCUT2D eigenvalue weighted by Crippen LogP contribution is 2.54. The van der Waals surface area contributed by atoms with E-state index in [0.717, 1.165) is 6.42 Å². The van der Waals surface area contributed by atoms with Crippen LogP contribution in [0.2, 0.25) is 0 Å². The molecule has 0 spiro atoms. The SMILES string of the molecule is C[C@@H]1CC(=O)[C@@]2(C)C=C(C#N)C(=O)C(C)(C)[C@@H]2C1. The normalized spacial score (nSPS) is 38.7. The summed E-state index contributed by atoms with van der Waals surface area (Å²) < 4.78 is 0. The van der Waals surface area contributed by atoms with Gasteiger partial charge in [-0.1, -0.05) is 20.8 Å². The predicted octanol–water partition coefficient (Wildman–Crippen LogP) is 2.67. The molecule has 0 N–H and O–H groups in total. The maximum absolute atomic E-state index is 12.4. The standard InChI is InChI=1S/C15H19NO2/c1-9-5-11-14(2,3)13(18)10(8-16)7-15(11,4)12(17)6-9/h7,9,11H,5-6H2,1-4H3/t9-,11-,15-/m0/s1. The van der Waals surface area contributed by atoms with Crippen LogP contribution < -0.4 is 0 Å². The Balaban J connectivity index is 2.61. The van der Waals surface area contributed by atoms with Gasteiger partial charge in [0.2, 0.25) is 0 Å². The van der Waals surface area contributed by atoms with E-state index in [9.17, 15) is 9.59 Å². The number of nitriles is 1. The van der Waals surface area contributed by atoms with Gasteiger partial charge in [-0.15, -0.1) is 0 Å². The number of Topliss-reactive ketones (excluding diaryl/α,β-unsaturated/α-hetero) is 2. The summed E-state index contributed by atoms with van der Waals surface area (Å²) in [5.74, 6) is 0.375. The number of hydrogen-bond acceptors (Lipinski definition) is 3. The van der Waals surface area contributed by atoms with Crippen molar-refractivity contribution in [3.8, 4) is 6.07 Å². The van der Waals surface area contributed by atoms with Crippen LogP contribution in [0.4, 0.5) is 0 Å². The molecule has 3 heteroatoms. The minimum atomic E-state index is -0.644. The van der Waals surface area contributed by atoms with E-state index in [4.69, 9.17) is 5.26 Å². The highest BCUT2D eigenvalue weighted by Gasteiger charge is 2.56. The number of nitrogens with zero attached hydrogens (tertiary/aromatic N) is 1. The van der Waals surface area contributed by atoms with Gasteiger partial charge in [-0.05, 0) is 31.3 Å². The van der Waals surface area contributed by atoms with Crippen LogP contribution in [-0.2, 0) is 9.59 Å². The summed E-state index contributed by atoms with van der Waals surface area (Å²) in [6.07, 6.45) is 3.04. The van der Waals surface area contributed by atoms with Gasteiger partial charge >= 0.3 is 0 Å². The summed E-state index contributed by atoms with van der Waals surface area (Å²) in [6, 6.07) is 1.96. The first-order valence-corrected chi connectivity index (χ1v) is 6.44. The van der Waals surface area contributed by atoms with Crippen LogP contribution in [0.15, 0.2) is 11.6 Å². The second-order valence-electron chi connectivity index (χ2n) is 6.52. The number of allylic oxidation sites excluding steroid dienone is 2. The third-order valence-electron chi connectivity index (χ3n) is 4.76. The fourth-order valence-electron chi connectivity index (χ4n) is 3.64. The van der Waals surface area contributed by atoms with Crippen molar-refractivity contribution < 1.29 is 9.59 Å². The van der Waals surface area contributed by atoms with Crippen LogP contribution in [0.3, 0.4) is 0 Å². The monoisotopic (exact) mass is 245 g/mol. The second kappa shape index (κ2) is 3.78. The Morgan fingerprint density at radius 1 is 1.33 bits per heavy atom. The lowest BCUT2D eigenvalue weighted by Gasteiger charge is -2.50. The van der Waals surface area contributed by atoms with Crippen molar-refractivity contribution >= 4 is 11.6 Å². The molecule has 3 atom stereocenters. The van der Waals surface area contributed by atoms with Crippen molar-refractivity contribution in [3.05, 3.63) is 11.6 Å². The minimum Gasteiger partial charge on any atom is -0.299 e. The zero-order valence-electron chi connectivity index (χ0n) is 11.4. The van der Waals surface area contributed by atoms with E-state index in [1.807, 2.05) is 26.8 Å². The van der Waals surface area contributed by atoms with Gasteiger partial charge < -0.3 is 0 Å². The molecule has 0 aromatic rings. The maximum Gasteiger partial charge on any atom is 0.178 e. The van der Waals surface area contributed by atoms with Gasteiger partial charge in [0.25, 0.3) is 0 Å². The Bertz CT molecular complexity index is 495. The Morgan fingerprint density at radius 2 is 1.94 bits per heavy atom. The predicted molar refractivity (Wildman–Crippen MR) is 67.5 cm³/mol. The van der Waals surface area contributed by atoms with E-state index in [0.29, 0.717) is 12.3 Å². The molecule has 0 aliphatic heterocycles. The lowest BCUT2D eigenvalue weighted by Crippen LogP contribution is -2.53. The van der Waals surface area contributed by atoms with E-state index >= 15 is 0 Å². The average Bonchev–Trinajstić information content (AvgIpc) is 2.28. The van der Waals surface area contributed by atoms with Crippen LogP contribution in [0.5, 0.6) is 0 Å². The number of rotatable bonds is 0. The lowest BCUT2D eigenvalue weighted by molar-refractivity contribution is -0.143. The van der Waals surface area contributed by atoms with E-state index in [1.165, 1.54) is 0 Å². The molecule has 2 aliphatic carbocycles. The van der Waals surface area contributed by atoms with Crippen LogP contribution in [0, 0.1) is 34.0 Å². The first-order valence-electron chi connectivity index (χ1n) is 6.44. The minimum absolute atomic E-state index is 0.00542. The molecule has 96 valence electrons. The van der Waals surface area contributed by atoms with E-state index in [2.05, 4.69) is 6.92 Å². The topological polar surface area (TPSA) is 57.9 Å². The molecular formula is C15H19NO2. The van der Waals surface area contributed by atoms with E-state index in [-0.39, 0.29) is 23.1 Å². The molecule has 2 rings (SSSR count). The summed E-state index contributed by atoms with van der Waals surface area (Å²) in [7, 11) is 0. The Morgan fingerprint density at radius 3 is 2.50 bits per heavy atom. The lowest BCUT2D eigenvalue weighted by atomic mass is 9.51. The van der Waals surface area contributed by atoms with E-state index < -0.39 is 10.8 Å². The molecule has 2 aliphatic rings. The number of carbonyl (C=O) groups excluding carboxylic acids is 2. The Kier molecular flexibility index (Phi) is 2.73. The summed E-state index contributed by atoms with van der Waals surface area (Å²) in [6.45, 7) is 7.68.